The lowest BCUT2D eigenvalue weighted by Crippen LogP contribution is -2.38. The fourth-order valence-electron chi connectivity index (χ4n) is 3.12. The van der Waals surface area contributed by atoms with Crippen LogP contribution in [0, 0.1) is 6.92 Å². The quantitative estimate of drug-likeness (QED) is 0.414. The number of benzene rings is 2. The minimum Gasteiger partial charge on any atom is -0.457 e. The summed E-state index contributed by atoms with van der Waals surface area (Å²) >= 11 is 3.52. The molecule has 0 unspecified atom stereocenters. The summed E-state index contributed by atoms with van der Waals surface area (Å²) in [5.41, 5.74) is 2.61. The Kier molecular flexibility index (Phi) is 5.73. The average Bonchev–Trinajstić information content (AvgIpc) is 3.29. The minimum atomic E-state index is -0.660. The molecule has 0 radical (unpaired) electrons. The van der Waals surface area contributed by atoms with Gasteiger partial charge < -0.3 is 15.1 Å². The highest BCUT2D eigenvalue weighted by Crippen LogP contribution is 2.31. The molecule has 7 nitrogen and oxygen atoms in total. The molecule has 1 saturated heterocycles. The van der Waals surface area contributed by atoms with E-state index in [1.54, 1.807) is 36.4 Å². The fourth-order valence-corrected chi connectivity index (χ4v) is 3.81. The number of furan rings is 1. The molecule has 1 fully saturated rings. The lowest BCUT2D eigenvalue weighted by molar-refractivity contribution is -0.127. The van der Waals surface area contributed by atoms with Crippen molar-refractivity contribution in [2.45, 2.75) is 6.92 Å². The smallest absolute Gasteiger partial charge is 0.329 e. The van der Waals surface area contributed by atoms with E-state index in [1.807, 2.05) is 31.2 Å². The maximum atomic E-state index is 12.6. The summed E-state index contributed by atoms with van der Waals surface area (Å²) in [4.78, 5) is 37.9. The van der Waals surface area contributed by atoms with Gasteiger partial charge in [0.15, 0.2) is 0 Å². The van der Waals surface area contributed by atoms with E-state index in [4.69, 9.17) is 4.42 Å². The SMILES string of the molecule is Cc1ccc(-c2ccc(/C=C3\NC(=O)N(CC(=O)Nc4ccccc4)C3=O)o2)c(Br)c1. The first kappa shape index (κ1) is 20.6. The van der Waals surface area contributed by atoms with Gasteiger partial charge in [-0.05, 0) is 48.9 Å². The second kappa shape index (κ2) is 8.61. The topological polar surface area (TPSA) is 91.7 Å². The normalized spacial score (nSPS) is 14.8. The summed E-state index contributed by atoms with van der Waals surface area (Å²) in [6.07, 6.45) is 1.45. The first-order chi connectivity index (χ1) is 14.9. The van der Waals surface area contributed by atoms with Crippen molar-refractivity contribution >= 4 is 45.5 Å². The van der Waals surface area contributed by atoms with Crippen LogP contribution in [0.3, 0.4) is 0 Å². The number of carbonyl (C=O) groups excluding carboxylic acids is 3. The third-order valence-corrected chi connectivity index (χ3v) is 5.28. The molecule has 2 heterocycles. The number of para-hydroxylation sites is 1. The van der Waals surface area contributed by atoms with Crippen LogP contribution in [0.25, 0.3) is 17.4 Å². The average molecular weight is 480 g/mol. The molecule has 31 heavy (non-hydrogen) atoms. The Morgan fingerprint density at radius 3 is 2.65 bits per heavy atom. The lowest BCUT2D eigenvalue weighted by Gasteiger charge is -2.11. The van der Waals surface area contributed by atoms with Crippen molar-refractivity contribution in [3.63, 3.8) is 0 Å². The predicted octanol–water partition coefficient (Wildman–Crippen LogP) is 4.55. The van der Waals surface area contributed by atoms with E-state index >= 15 is 0 Å². The minimum absolute atomic E-state index is 0.0429. The summed E-state index contributed by atoms with van der Waals surface area (Å²) in [6, 6.07) is 17.5. The molecule has 156 valence electrons. The van der Waals surface area contributed by atoms with Gasteiger partial charge >= 0.3 is 6.03 Å². The van der Waals surface area contributed by atoms with Crippen molar-refractivity contribution in [1.29, 1.82) is 0 Å². The molecule has 2 aromatic carbocycles. The van der Waals surface area contributed by atoms with Crippen LogP contribution >= 0.6 is 15.9 Å². The van der Waals surface area contributed by atoms with Crippen LogP contribution in [-0.4, -0.2) is 29.3 Å². The summed E-state index contributed by atoms with van der Waals surface area (Å²) < 4.78 is 6.71. The number of urea groups is 1. The first-order valence-corrected chi connectivity index (χ1v) is 10.3. The summed E-state index contributed by atoms with van der Waals surface area (Å²) in [5.74, 6) is -0.0422. The number of nitrogens with zero attached hydrogens (tertiary/aromatic N) is 1. The zero-order valence-corrected chi connectivity index (χ0v) is 18.1. The molecule has 1 aliphatic rings. The molecule has 4 rings (SSSR count). The van der Waals surface area contributed by atoms with Crippen LogP contribution in [0.1, 0.15) is 11.3 Å². The van der Waals surface area contributed by atoms with Crippen molar-refractivity contribution in [3.05, 3.63) is 82.2 Å². The molecule has 1 aliphatic heterocycles. The van der Waals surface area contributed by atoms with Gasteiger partial charge in [-0.15, -0.1) is 0 Å². The van der Waals surface area contributed by atoms with Crippen LogP contribution < -0.4 is 10.6 Å². The van der Waals surface area contributed by atoms with Gasteiger partial charge in [0.1, 0.15) is 23.8 Å². The molecule has 2 N–H and O–H groups in total. The van der Waals surface area contributed by atoms with Gasteiger partial charge in [-0.25, -0.2) is 9.69 Å². The number of hydrogen-bond acceptors (Lipinski definition) is 4. The Labute approximate surface area is 186 Å². The van der Waals surface area contributed by atoms with Gasteiger partial charge in [0.2, 0.25) is 5.91 Å². The van der Waals surface area contributed by atoms with E-state index in [2.05, 4.69) is 26.6 Å². The van der Waals surface area contributed by atoms with Crippen LogP contribution in [0.2, 0.25) is 0 Å². The first-order valence-electron chi connectivity index (χ1n) is 9.46. The molecule has 0 saturated carbocycles. The van der Waals surface area contributed by atoms with E-state index in [-0.39, 0.29) is 5.70 Å². The van der Waals surface area contributed by atoms with E-state index in [0.717, 1.165) is 20.5 Å². The predicted molar refractivity (Wildman–Crippen MR) is 120 cm³/mol. The third kappa shape index (κ3) is 4.59. The molecule has 0 spiro atoms. The Balaban J connectivity index is 1.47. The second-order valence-electron chi connectivity index (χ2n) is 6.98. The largest absolute Gasteiger partial charge is 0.457 e. The monoisotopic (exact) mass is 479 g/mol. The van der Waals surface area contributed by atoms with Crippen LogP contribution in [0.5, 0.6) is 0 Å². The van der Waals surface area contributed by atoms with E-state index in [0.29, 0.717) is 17.2 Å². The van der Waals surface area contributed by atoms with Gasteiger partial charge in [-0.3, -0.25) is 9.59 Å². The van der Waals surface area contributed by atoms with Gasteiger partial charge in [0, 0.05) is 21.8 Å². The molecule has 4 amide bonds. The van der Waals surface area contributed by atoms with Gasteiger partial charge in [0.05, 0.1) is 0 Å². The third-order valence-electron chi connectivity index (χ3n) is 4.63. The molecule has 0 bridgehead atoms. The van der Waals surface area contributed by atoms with E-state index in [9.17, 15) is 14.4 Å². The molecular weight excluding hydrogens is 462 g/mol. The highest BCUT2D eigenvalue weighted by Gasteiger charge is 2.35. The summed E-state index contributed by atoms with van der Waals surface area (Å²) in [7, 11) is 0. The van der Waals surface area contributed by atoms with Crippen molar-refractivity contribution in [1.82, 2.24) is 10.2 Å². The maximum absolute atomic E-state index is 12.6. The van der Waals surface area contributed by atoms with Gasteiger partial charge in [-0.2, -0.15) is 0 Å². The number of rotatable bonds is 5. The Hall–Kier alpha value is -3.65. The van der Waals surface area contributed by atoms with E-state index < -0.39 is 24.4 Å². The zero-order chi connectivity index (χ0) is 22.0. The highest BCUT2D eigenvalue weighted by atomic mass is 79.9. The summed E-state index contributed by atoms with van der Waals surface area (Å²) in [6.45, 7) is 1.60. The van der Waals surface area contributed by atoms with Crippen LogP contribution in [-0.2, 0) is 9.59 Å². The van der Waals surface area contributed by atoms with Crippen molar-refractivity contribution in [2.75, 3.05) is 11.9 Å². The van der Waals surface area contributed by atoms with Crippen molar-refractivity contribution in [3.8, 4) is 11.3 Å². The summed E-state index contributed by atoms with van der Waals surface area (Å²) in [5, 5.41) is 5.14. The standard InChI is InChI=1S/C23H18BrN3O4/c1-14-7-9-17(18(24)11-14)20-10-8-16(31-20)12-19-22(29)27(23(30)26-19)13-21(28)25-15-5-3-2-4-6-15/h2-12H,13H2,1H3,(H,25,28)(H,26,30)/b19-12-. The van der Waals surface area contributed by atoms with Gasteiger partial charge in [-0.1, -0.05) is 40.2 Å². The number of halogens is 1. The van der Waals surface area contributed by atoms with E-state index in [1.165, 1.54) is 6.08 Å². The lowest BCUT2D eigenvalue weighted by atomic mass is 10.1. The molecule has 0 aliphatic carbocycles. The van der Waals surface area contributed by atoms with Crippen LogP contribution in [0.15, 0.2) is 75.3 Å². The molecule has 1 aromatic heterocycles. The second-order valence-corrected chi connectivity index (χ2v) is 7.83. The van der Waals surface area contributed by atoms with Crippen molar-refractivity contribution in [2.24, 2.45) is 0 Å². The zero-order valence-electron chi connectivity index (χ0n) is 16.5. The van der Waals surface area contributed by atoms with Gasteiger partial charge in [0.25, 0.3) is 5.91 Å². The molecule has 3 aromatic rings. The number of carbonyl (C=O) groups is 3. The number of nitrogens with one attached hydrogen (secondary N) is 2. The van der Waals surface area contributed by atoms with Crippen LogP contribution in [0.4, 0.5) is 10.5 Å². The molecule has 0 atom stereocenters. The fraction of sp³-hybridized carbons (Fsp3) is 0.0870. The number of imide groups is 1. The molecular formula is C23H18BrN3O4. The number of amides is 4. The number of aryl methyl sites for hydroxylation is 1. The highest BCUT2D eigenvalue weighted by molar-refractivity contribution is 9.10. The maximum Gasteiger partial charge on any atom is 0.329 e. The Bertz CT molecular complexity index is 1200. The molecule has 8 heteroatoms. The Morgan fingerprint density at radius 1 is 1.13 bits per heavy atom. The number of hydrogen-bond donors (Lipinski definition) is 2. The Morgan fingerprint density at radius 2 is 1.90 bits per heavy atom. The number of anilines is 1. The van der Waals surface area contributed by atoms with Crippen molar-refractivity contribution < 1.29 is 18.8 Å².